The van der Waals surface area contributed by atoms with Crippen molar-refractivity contribution in [1.82, 2.24) is 9.80 Å². The average molecular weight is 301 g/mol. The van der Waals surface area contributed by atoms with Crippen LogP contribution in [-0.2, 0) is 11.3 Å². The highest BCUT2D eigenvalue weighted by Gasteiger charge is 2.22. The predicted octanol–water partition coefficient (Wildman–Crippen LogP) is 1.39. The van der Waals surface area contributed by atoms with E-state index in [0.29, 0.717) is 25.2 Å². The van der Waals surface area contributed by atoms with E-state index in [1.807, 2.05) is 24.9 Å². The Morgan fingerprint density at radius 3 is 2.86 bits per heavy atom. The van der Waals surface area contributed by atoms with Crippen molar-refractivity contribution in [2.24, 2.45) is 0 Å². The van der Waals surface area contributed by atoms with Crippen molar-refractivity contribution in [1.29, 1.82) is 5.26 Å². The van der Waals surface area contributed by atoms with Gasteiger partial charge < -0.3 is 14.9 Å². The lowest BCUT2D eigenvalue weighted by Gasteiger charge is -2.26. The molecule has 0 heterocycles. The molecule has 1 aromatic carbocycles. The number of aliphatic hydroxyl groups excluding tert-OH is 1. The molecule has 0 fully saturated rings. The number of likely N-dealkylation sites (N-methyl/N-ethyl adjacent to an activating group) is 1. The summed E-state index contributed by atoms with van der Waals surface area (Å²) in [4.78, 5) is 15.8. The highest BCUT2D eigenvalue weighted by molar-refractivity contribution is 5.81. The van der Waals surface area contributed by atoms with Gasteiger partial charge in [0.2, 0.25) is 0 Å². The molecule has 1 rings (SSSR count). The fourth-order valence-electron chi connectivity index (χ4n) is 2.06. The molecule has 1 unspecified atom stereocenters. The summed E-state index contributed by atoms with van der Waals surface area (Å²) in [5.74, 6) is -0.331. The minimum atomic E-state index is -1.07. The third kappa shape index (κ3) is 5.32. The lowest BCUT2D eigenvalue weighted by molar-refractivity contribution is -0.141. The molecule has 5 heteroatoms. The zero-order valence-electron chi connectivity index (χ0n) is 13.2. The summed E-state index contributed by atoms with van der Waals surface area (Å²) in [6.45, 7) is 7.36. The van der Waals surface area contributed by atoms with Gasteiger partial charge in [-0.2, -0.15) is 5.26 Å². The monoisotopic (exact) mass is 301 g/mol. The van der Waals surface area contributed by atoms with Crippen LogP contribution in [0.25, 0.3) is 0 Å². The van der Waals surface area contributed by atoms with Crippen LogP contribution >= 0.6 is 0 Å². The van der Waals surface area contributed by atoms with E-state index in [0.717, 1.165) is 12.1 Å². The topological polar surface area (TPSA) is 67.6 Å². The summed E-state index contributed by atoms with van der Waals surface area (Å²) in [5, 5.41) is 19.0. The molecule has 0 aromatic heterocycles. The number of carbonyl (C=O) groups excluding carboxylic acids is 1. The number of amides is 1. The molecular weight excluding hydrogens is 278 g/mol. The Morgan fingerprint density at radius 1 is 1.55 bits per heavy atom. The van der Waals surface area contributed by atoms with Crippen LogP contribution in [0.5, 0.6) is 0 Å². The molecule has 1 aromatic rings. The van der Waals surface area contributed by atoms with Crippen LogP contribution in [0, 0.1) is 11.3 Å². The molecule has 0 saturated heterocycles. The van der Waals surface area contributed by atoms with Crippen LogP contribution in [0.4, 0.5) is 0 Å². The molecule has 1 N–H and O–H groups in total. The van der Waals surface area contributed by atoms with Crippen molar-refractivity contribution in [2.75, 3.05) is 26.7 Å². The number of nitrogens with zero attached hydrogens (tertiary/aromatic N) is 3. The van der Waals surface area contributed by atoms with Crippen LogP contribution in [0.15, 0.2) is 36.9 Å². The first-order valence-corrected chi connectivity index (χ1v) is 7.27. The second kappa shape index (κ2) is 8.98. The molecule has 5 nitrogen and oxygen atoms in total. The number of benzene rings is 1. The fraction of sp³-hybridized carbons (Fsp3) is 0.412. The second-order valence-corrected chi connectivity index (χ2v) is 5.19. The van der Waals surface area contributed by atoms with E-state index in [1.165, 1.54) is 4.90 Å². The number of aliphatic hydroxyl groups is 1. The van der Waals surface area contributed by atoms with Gasteiger partial charge in [-0.15, -0.1) is 6.58 Å². The highest BCUT2D eigenvalue weighted by atomic mass is 16.3. The van der Waals surface area contributed by atoms with Crippen LogP contribution in [0.1, 0.15) is 18.1 Å². The number of carbonyl (C=O) groups is 1. The van der Waals surface area contributed by atoms with E-state index >= 15 is 0 Å². The molecule has 0 aliphatic rings. The third-order valence-electron chi connectivity index (χ3n) is 3.40. The summed E-state index contributed by atoms with van der Waals surface area (Å²) < 4.78 is 0. The van der Waals surface area contributed by atoms with Gasteiger partial charge in [0.1, 0.15) is 6.10 Å². The van der Waals surface area contributed by atoms with Crippen LogP contribution in [0.2, 0.25) is 0 Å². The van der Waals surface area contributed by atoms with E-state index in [4.69, 9.17) is 5.26 Å². The molecule has 0 bridgehead atoms. The van der Waals surface area contributed by atoms with E-state index < -0.39 is 6.10 Å². The van der Waals surface area contributed by atoms with E-state index in [2.05, 4.69) is 12.6 Å². The minimum Gasteiger partial charge on any atom is -0.382 e. The van der Waals surface area contributed by atoms with Crippen LogP contribution in [0.3, 0.4) is 0 Å². The van der Waals surface area contributed by atoms with Gasteiger partial charge >= 0.3 is 0 Å². The van der Waals surface area contributed by atoms with Crippen molar-refractivity contribution < 1.29 is 9.90 Å². The smallest absolute Gasteiger partial charge is 0.253 e. The van der Waals surface area contributed by atoms with Crippen LogP contribution < -0.4 is 0 Å². The number of rotatable bonds is 8. The van der Waals surface area contributed by atoms with Gasteiger partial charge in [-0.3, -0.25) is 4.79 Å². The van der Waals surface area contributed by atoms with E-state index in [-0.39, 0.29) is 5.91 Å². The Labute approximate surface area is 132 Å². The largest absolute Gasteiger partial charge is 0.382 e. The summed E-state index contributed by atoms with van der Waals surface area (Å²) >= 11 is 0. The van der Waals surface area contributed by atoms with Gasteiger partial charge in [0.25, 0.3) is 5.91 Å². The molecule has 1 amide bonds. The Morgan fingerprint density at radius 2 is 2.27 bits per heavy atom. The highest BCUT2D eigenvalue weighted by Crippen LogP contribution is 2.09. The minimum absolute atomic E-state index is 0.293. The zero-order chi connectivity index (χ0) is 16.5. The van der Waals surface area contributed by atoms with Crippen molar-refractivity contribution in [3.63, 3.8) is 0 Å². The lowest BCUT2D eigenvalue weighted by atomic mass is 10.1. The maximum absolute atomic E-state index is 12.4. The summed E-state index contributed by atoms with van der Waals surface area (Å²) in [5.41, 5.74) is 1.40. The third-order valence-corrected chi connectivity index (χ3v) is 3.40. The Bertz CT molecular complexity index is 551. The number of hydrogen-bond acceptors (Lipinski definition) is 4. The molecule has 0 aliphatic carbocycles. The van der Waals surface area contributed by atoms with Gasteiger partial charge in [0.15, 0.2) is 0 Å². The van der Waals surface area contributed by atoms with Gasteiger partial charge in [-0.1, -0.05) is 25.1 Å². The van der Waals surface area contributed by atoms with Crippen LogP contribution in [-0.4, -0.2) is 53.6 Å². The first-order valence-electron chi connectivity index (χ1n) is 7.27. The summed E-state index contributed by atoms with van der Waals surface area (Å²) in [7, 11) is 1.85. The fourth-order valence-corrected chi connectivity index (χ4v) is 2.06. The molecule has 0 aliphatic heterocycles. The van der Waals surface area contributed by atoms with E-state index in [1.54, 1.807) is 24.3 Å². The molecule has 22 heavy (non-hydrogen) atoms. The van der Waals surface area contributed by atoms with Gasteiger partial charge in [-0.05, 0) is 31.3 Å². The molecule has 118 valence electrons. The Balaban J connectivity index is 2.81. The maximum Gasteiger partial charge on any atom is 0.253 e. The Kier molecular flexibility index (Phi) is 7.30. The quantitative estimate of drug-likeness (QED) is 0.737. The number of nitriles is 1. The first-order chi connectivity index (χ1) is 10.5. The molecule has 0 spiro atoms. The van der Waals surface area contributed by atoms with Crippen molar-refractivity contribution >= 4 is 5.91 Å². The number of hydrogen-bond donors (Lipinski definition) is 1. The maximum atomic E-state index is 12.4. The van der Waals surface area contributed by atoms with E-state index in [9.17, 15) is 9.90 Å². The summed E-state index contributed by atoms with van der Waals surface area (Å²) in [6, 6.07) is 9.18. The van der Waals surface area contributed by atoms with Gasteiger partial charge in [-0.25, -0.2) is 0 Å². The van der Waals surface area contributed by atoms with Crippen molar-refractivity contribution in [2.45, 2.75) is 19.6 Å². The average Bonchev–Trinajstić information content (AvgIpc) is 2.53. The zero-order valence-corrected chi connectivity index (χ0v) is 13.2. The van der Waals surface area contributed by atoms with Gasteiger partial charge in [0.05, 0.1) is 11.6 Å². The molecular formula is C17H23N3O2. The predicted molar refractivity (Wildman–Crippen MR) is 85.9 cm³/mol. The first kappa shape index (κ1) is 17.9. The SMILES string of the molecule is C=CCN(Cc1cccc(C#N)c1)C(=O)C(O)CN(C)CC. The Hall–Kier alpha value is -2.16. The second-order valence-electron chi connectivity index (χ2n) is 5.19. The molecule has 0 radical (unpaired) electrons. The standard InChI is InChI=1S/C17H23N3O2/c1-4-9-20(17(22)16(21)13-19(3)5-2)12-15-8-6-7-14(10-15)11-18/h4,6-8,10,16,21H,1,5,9,12-13H2,2-3H3. The lowest BCUT2D eigenvalue weighted by Crippen LogP contribution is -2.44. The summed E-state index contributed by atoms with van der Waals surface area (Å²) in [6.07, 6.45) is 0.562. The normalized spacial score (nSPS) is 11.8. The van der Waals surface area contributed by atoms with Gasteiger partial charge in [0, 0.05) is 19.6 Å². The van der Waals surface area contributed by atoms with Crippen molar-refractivity contribution in [3.05, 3.63) is 48.0 Å². The van der Waals surface area contributed by atoms with Crippen molar-refractivity contribution in [3.8, 4) is 6.07 Å². The molecule has 0 saturated carbocycles. The molecule has 1 atom stereocenters.